The second-order valence-electron chi connectivity index (χ2n) is 5.25. The van der Waals surface area contributed by atoms with E-state index in [4.69, 9.17) is 23.2 Å². The van der Waals surface area contributed by atoms with Gasteiger partial charge >= 0.3 is 5.38 Å². The number of ketones is 1. The van der Waals surface area contributed by atoms with Gasteiger partial charge in [-0.15, -0.1) is 0 Å². The van der Waals surface area contributed by atoms with Crippen molar-refractivity contribution in [2.75, 3.05) is 0 Å². The van der Waals surface area contributed by atoms with Crippen LogP contribution in [0.1, 0.15) is 34.1 Å². The maximum atomic E-state index is 13.4. The van der Waals surface area contributed by atoms with Crippen molar-refractivity contribution in [1.29, 1.82) is 0 Å². The molecule has 0 radical (unpaired) electrons. The average molecular weight is 392 g/mol. The maximum absolute atomic E-state index is 13.4. The number of aryl methyl sites for hydroxylation is 2. The van der Waals surface area contributed by atoms with Gasteiger partial charge in [0.25, 0.3) is 5.56 Å². The van der Waals surface area contributed by atoms with E-state index in [9.17, 15) is 18.4 Å². The molecule has 0 spiro atoms. The molecule has 0 fully saturated rings. The van der Waals surface area contributed by atoms with Gasteiger partial charge in [-0.2, -0.15) is 8.78 Å². The molecule has 0 atom stereocenters. The number of Topliss-reactive ketones (excluding diaryl/α,β-unsaturated/α-hetero) is 1. The molecule has 2 aromatic rings. The predicted molar refractivity (Wildman–Crippen MR) is 91.9 cm³/mol. The van der Waals surface area contributed by atoms with Crippen LogP contribution >= 0.6 is 35.0 Å². The molecule has 0 aliphatic heterocycles. The molecule has 8 heteroatoms. The minimum Gasteiger partial charge on any atom is -0.319 e. The van der Waals surface area contributed by atoms with Gasteiger partial charge in [-0.1, -0.05) is 35.5 Å². The monoisotopic (exact) mass is 391 g/mol. The van der Waals surface area contributed by atoms with E-state index >= 15 is 0 Å². The first kappa shape index (κ1) is 19.0. The molecule has 0 saturated heterocycles. The van der Waals surface area contributed by atoms with Gasteiger partial charge in [-0.25, -0.2) is 0 Å². The summed E-state index contributed by atoms with van der Waals surface area (Å²) in [4.78, 5) is 26.5. The molecule has 1 aromatic carbocycles. The van der Waals surface area contributed by atoms with Crippen molar-refractivity contribution in [1.82, 2.24) is 4.98 Å². The summed E-state index contributed by atoms with van der Waals surface area (Å²) in [5.74, 6) is -0.537. The van der Waals surface area contributed by atoms with Gasteiger partial charge in [0.05, 0.1) is 10.6 Å². The van der Waals surface area contributed by atoms with E-state index in [1.54, 1.807) is 13.8 Å². The van der Waals surface area contributed by atoms with Crippen molar-refractivity contribution in [3.8, 4) is 0 Å². The number of carbonyl (C=O) groups excluding carboxylic acids is 1. The summed E-state index contributed by atoms with van der Waals surface area (Å²) in [5, 5.41) is -3.32. The zero-order valence-electron chi connectivity index (χ0n) is 13.0. The minimum atomic E-state index is -3.75. The fourth-order valence-corrected chi connectivity index (χ4v) is 3.73. The molecule has 0 bridgehead atoms. The zero-order chi connectivity index (χ0) is 18.2. The number of carbonyl (C=O) groups is 1. The smallest absolute Gasteiger partial charge is 0.319 e. The highest BCUT2D eigenvalue weighted by Gasteiger charge is 2.31. The summed E-state index contributed by atoms with van der Waals surface area (Å²) in [6, 6.07) is 4.65. The normalized spacial score (nSPS) is 11.6. The molecule has 0 amide bonds. The quantitative estimate of drug-likeness (QED) is 0.569. The largest absolute Gasteiger partial charge is 0.362 e. The molecule has 0 saturated carbocycles. The number of H-pyrrole nitrogens is 1. The van der Waals surface area contributed by atoms with E-state index in [1.807, 2.05) is 17.1 Å². The Morgan fingerprint density at radius 1 is 1.25 bits per heavy atom. The minimum absolute atomic E-state index is 0.0807. The van der Waals surface area contributed by atoms with Gasteiger partial charge in [-0.05, 0) is 49.6 Å². The summed E-state index contributed by atoms with van der Waals surface area (Å²) in [6.45, 7) is 4.79. The second-order valence-corrected chi connectivity index (χ2v) is 7.15. The number of rotatable bonds is 4. The highest BCUT2D eigenvalue weighted by molar-refractivity contribution is 7.99. The number of alkyl halides is 3. The molecule has 128 valence electrons. The van der Waals surface area contributed by atoms with E-state index in [-0.39, 0.29) is 10.5 Å². The van der Waals surface area contributed by atoms with Gasteiger partial charge in [0.2, 0.25) is 0 Å². The number of nitrogens with one attached hydrogen (secondary N) is 1. The highest BCUT2D eigenvalue weighted by atomic mass is 35.5. The Bertz CT molecular complexity index is 876. The fraction of sp³-hybridized carbons (Fsp3) is 0.250. The van der Waals surface area contributed by atoms with Crippen LogP contribution in [0.2, 0.25) is 5.02 Å². The zero-order valence-corrected chi connectivity index (χ0v) is 15.3. The second kappa shape index (κ2) is 6.86. The third-order valence-corrected chi connectivity index (χ3v) is 5.43. The van der Waals surface area contributed by atoms with Crippen molar-refractivity contribution in [3.05, 3.63) is 56.0 Å². The number of halogens is 4. The Morgan fingerprint density at radius 2 is 1.83 bits per heavy atom. The molecule has 3 nitrogen and oxygen atoms in total. The van der Waals surface area contributed by atoms with E-state index < -0.39 is 22.4 Å². The SMILES string of the molecule is CC(=O)c1c(Sc2c(C)ccc(C)c2Cl)cc(C(F)(F)Cl)[nH]c1=O. The van der Waals surface area contributed by atoms with Crippen LogP contribution in [0.3, 0.4) is 0 Å². The first-order chi connectivity index (χ1) is 11.0. The summed E-state index contributed by atoms with van der Waals surface area (Å²) in [7, 11) is 0. The Morgan fingerprint density at radius 3 is 2.38 bits per heavy atom. The van der Waals surface area contributed by atoms with Gasteiger partial charge in [0.15, 0.2) is 5.78 Å². The number of hydrogen-bond donors (Lipinski definition) is 1. The summed E-state index contributed by atoms with van der Waals surface area (Å²) in [6.07, 6.45) is 0. The van der Waals surface area contributed by atoms with Gasteiger partial charge in [-0.3, -0.25) is 9.59 Å². The summed E-state index contributed by atoms with van der Waals surface area (Å²) < 4.78 is 26.8. The Kier molecular flexibility index (Phi) is 5.42. The van der Waals surface area contributed by atoms with Crippen molar-refractivity contribution in [3.63, 3.8) is 0 Å². The van der Waals surface area contributed by atoms with Crippen molar-refractivity contribution >= 4 is 40.7 Å². The number of benzene rings is 1. The van der Waals surface area contributed by atoms with Crippen LogP contribution in [0.15, 0.2) is 32.8 Å². The van der Waals surface area contributed by atoms with Crippen LogP contribution in [0.4, 0.5) is 8.78 Å². The van der Waals surface area contributed by atoms with Crippen molar-refractivity contribution < 1.29 is 13.6 Å². The molecule has 0 unspecified atom stereocenters. The van der Waals surface area contributed by atoms with Crippen LogP contribution in [0.5, 0.6) is 0 Å². The topological polar surface area (TPSA) is 49.9 Å². The van der Waals surface area contributed by atoms with Crippen molar-refractivity contribution in [2.45, 2.75) is 35.9 Å². The van der Waals surface area contributed by atoms with E-state index in [0.717, 1.165) is 29.0 Å². The van der Waals surface area contributed by atoms with Crippen LogP contribution in [0, 0.1) is 13.8 Å². The molecule has 2 rings (SSSR count). The Hall–Kier alpha value is -1.37. The van der Waals surface area contributed by atoms with Gasteiger partial charge in [0, 0.05) is 9.79 Å². The molecule has 0 aliphatic carbocycles. The first-order valence-corrected chi connectivity index (χ1v) is 8.38. The maximum Gasteiger partial charge on any atom is 0.362 e. The molecule has 0 aliphatic rings. The van der Waals surface area contributed by atoms with Crippen LogP contribution in [0.25, 0.3) is 0 Å². The predicted octanol–water partition coefficient (Wildman–Crippen LogP) is 5.29. The standard InChI is InChI=1S/C16H13Cl2F2NO2S/c1-7-4-5-8(2)14(13(7)17)24-10-6-11(16(18,19)20)21-15(23)12(10)9(3)22/h4-6H,1-3H3,(H,21,23). The molecule has 24 heavy (non-hydrogen) atoms. The molecule has 1 heterocycles. The van der Waals surface area contributed by atoms with Crippen LogP contribution in [-0.2, 0) is 5.38 Å². The molecule has 1 N–H and O–H groups in total. The number of aromatic amines is 1. The van der Waals surface area contributed by atoms with E-state index in [2.05, 4.69) is 0 Å². The molecule has 1 aromatic heterocycles. The molecular weight excluding hydrogens is 379 g/mol. The summed E-state index contributed by atoms with van der Waals surface area (Å²) >= 11 is 12.3. The first-order valence-electron chi connectivity index (χ1n) is 6.81. The third-order valence-electron chi connectivity index (χ3n) is 3.35. The lowest BCUT2D eigenvalue weighted by Gasteiger charge is -2.14. The molecular formula is C16H13Cl2F2NO2S. The lowest BCUT2D eigenvalue weighted by Crippen LogP contribution is -2.22. The summed E-state index contributed by atoms with van der Waals surface area (Å²) in [5.41, 5.74) is -0.305. The van der Waals surface area contributed by atoms with E-state index in [1.165, 1.54) is 6.92 Å². The highest BCUT2D eigenvalue weighted by Crippen LogP contribution is 2.40. The average Bonchev–Trinajstić information content (AvgIpc) is 2.45. The van der Waals surface area contributed by atoms with Gasteiger partial charge in [0.1, 0.15) is 5.69 Å². The lowest BCUT2D eigenvalue weighted by atomic mass is 10.2. The van der Waals surface area contributed by atoms with E-state index in [0.29, 0.717) is 9.92 Å². The fourth-order valence-electron chi connectivity index (χ4n) is 2.09. The Labute approximate surface area is 151 Å². The number of pyridine rings is 1. The van der Waals surface area contributed by atoms with Crippen molar-refractivity contribution in [2.24, 2.45) is 0 Å². The van der Waals surface area contributed by atoms with Gasteiger partial charge < -0.3 is 4.98 Å². The van der Waals surface area contributed by atoms with Crippen LogP contribution in [-0.4, -0.2) is 10.8 Å². The number of hydrogen-bond acceptors (Lipinski definition) is 3. The number of aromatic nitrogens is 1. The third kappa shape index (κ3) is 3.82. The van der Waals surface area contributed by atoms with Crippen LogP contribution < -0.4 is 5.56 Å². The Balaban J connectivity index is 2.70. The lowest BCUT2D eigenvalue weighted by molar-refractivity contribution is 0.0888.